The van der Waals surface area contributed by atoms with Gasteiger partial charge in [0.05, 0.1) is 0 Å². The first-order chi connectivity index (χ1) is 10.0. The zero-order valence-electron chi connectivity index (χ0n) is 12.1. The molecule has 0 aliphatic rings. The van der Waals surface area contributed by atoms with E-state index >= 15 is 0 Å². The molecule has 0 bridgehead atoms. The SMILES string of the molecule is CCNC(Cc1cc(Cl)ccc1Cl)c1cc(C)ccc1F. The third-order valence-electron chi connectivity index (χ3n) is 3.41. The van der Waals surface area contributed by atoms with Gasteiger partial charge in [0.25, 0.3) is 0 Å². The number of benzene rings is 2. The first-order valence-electron chi connectivity index (χ1n) is 6.94. The summed E-state index contributed by atoms with van der Waals surface area (Å²) >= 11 is 12.2. The molecule has 112 valence electrons. The van der Waals surface area contributed by atoms with Gasteiger partial charge in [-0.25, -0.2) is 4.39 Å². The number of likely N-dealkylation sites (N-methyl/N-ethyl adjacent to an activating group) is 1. The van der Waals surface area contributed by atoms with Crippen molar-refractivity contribution in [1.29, 1.82) is 0 Å². The lowest BCUT2D eigenvalue weighted by Gasteiger charge is -2.20. The third-order valence-corrected chi connectivity index (χ3v) is 4.01. The van der Waals surface area contributed by atoms with Crippen LogP contribution in [0.25, 0.3) is 0 Å². The van der Waals surface area contributed by atoms with Crippen molar-refractivity contribution >= 4 is 23.2 Å². The Hall–Kier alpha value is -1.09. The van der Waals surface area contributed by atoms with E-state index in [-0.39, 0.29) is 11.9 Å². The molecule has 1 atom stereocenters. The Labute approximate surface area is 135 Å². The number of nitrogens with one attached hydrogen (secondary N) is 1. The van der Waals surface area contributed by atoms with Crippen molar-refractivity contribution < 1.29 is 4.39 Å². The van der Waals surface area contributed by atoms with Crippen LogP contribution in [-0.2, 0) is 6.42 Å². The largest absolute Gasteiger partial charge is 0.310 e. The third kappa shape index (κ3) is 4.19. The predicted molar refractivity (Wildman–Crippen MR) is 87.7 cm³/mol. The molecule has 0 saturated heterocycles. The molecule has 0 aliphatic carbocycles. The molecule has 1 nitrogen and oxygen atoms in total. The molecule has 1 unspecified atom stereocenters. The summed E-state index contributed by atoms with van der Waals surface area (Å²) in [6, 6.07) is 10.4. The Morgan fingerprint density at radius 1 is 1.14 bits per heavy atom. The Bertz CT molecular complexity index is 628. The topological polar surface area (TPSA) is 12.0 Å². The molecule has 4 heteroatoms. The normalized spacial score (nSPS) is 12.4. The standard InChI is InChI=1S/C17H18Cl2FN/c1-3-21-17(14-8-11(2)4-7-16(14)20)10-12-9-13(18)5-6-15(12)19/h4-9,17,21H,3,10H2,1-2H3. The molecule has 0 fully saturated rings. The van der Waals surface area contributed by atoms with Crippen LogP contribution in [-0.4, -0.2) is 6.54 Å². The van der Waals surface area contributed by atoms with Crippen LogP contribution in [0, 0.1) is 12.7 Å². The van der Waals surface area contributed by atoms with Crippen molar-refractivity contribution in [2.75, 3.05) is 6.54 Å². The Balaban J connectivity index is 2.35. The van der Waals surface area contributed by atoms with E-state index in [4.69, 9.17) is 23.2 Å². The fraction of sp³-hybridized carbons (Fsp3) is 0.294. The Morgan fingerprint density at radius 2 is 1.90 bits per heavy atom. The number of hydrogen-bond donors (Lipinski definition) is 1. The van der Waals surface area contributed by atoms with Gasteiger partial charge in [-0.15, -0.1) is 0 Å². The zero-order valence-corrected chi connectivity index (χ0v) is 13.6. The highest BCUT2D eigenvalue weighted by Gasteiger charge is 2.17. The van der Waals surface area contributed by atoms with Gasteiger partial charge in [0, 0.05) is 21.7 Å². The first kappa shape index (κ1) is 16.3. The van der Waals surface area contributed by atoms with Crippen molar-refractivity contribution in [1.82, 2.24) is 5.32 Å². The van der Waals surface area contributed by atoms with Gasteiger partial charge in [-0.05, 0) is 49.7 Å². The lowest BCUT2D eigenvalue weighted by Crippen LogP contribution is -2.24. The molecule has 0 aromatic heterocycles. The van der Waals surface area contributed by atoms with E-state index in [9.17, 15) is 4.39 Å². The van der Waals surface area contributed by atoms with Gasteiger partial charge in [0.15, 0.2) is 0 Å². The average Bonchev–Trinajstić information content (AvgIpc) is 2.45. The van der Waals surface area contributed by atoms with Crippen LogP contribution in [0.1, 0.15) is 29.7 Å². The molecule has 0 spiro atoms. The summed E-state index contributed by atoms with van der Waals surface area (Å²) in [5.41, 5.74) is 2.61. The van der Waals surface area contributed by atoms with Crippen LogP contribution in [0.3, 0.4) is 0 Å². The van der Waals surface area contributed by atoms with Crippen LogP contribution in [0.5, 0.6) is 0 Å². The molecule has 0 heterocycles. The Kier molecular flexibility index (Phi) is 5.63. The van der Waals surface area contributed by atoms with E-state index in [2.05, 4.69) is 5.32 Å². The summed E-state index contributed by atoms with van der Waals surface area (Å²) in [6.07, 6.45) is 0.591. The van der Waals surface area contributed by atoms with Crippen LogP contribution >= 0.6 is 23.2 Å². The van der Waals surface area contributed by atoms with Crippen molar-refractivity contribution in [3.05, 3.63) is 69.0 Å². The van der Waals surface area contributed by atoms with E-state index < -0.39 is 0 Å². The highest BCUT2D eigenvalue weighted by Crippen LogP contribution is 2.28. The van der Waals surface area contributed by atoms with E-state index in [1.807, 2.05) is 26.0 Å². The molecule has 2 aromatic rings. The summed E-state index contributed by atoms with van der Waals surface area (Å²) in [7, 11) is 0. The van der Waals surface area contributed by atoms with Gasteiger partial charge in [-0.3, -0.25) is 0 Å². The minimum atomic E-state index is -0.204. The van der Waals surface area contributed by atoms with Gasteiger partial charge in [0.2, 0.25) is 0 Å². The number of halogens is 3. The van der Waals surface area contributed by atoms with Gasteiger partial charge in [-0.2, -0.15) is 0 Å². The molecule has 0 amide bonds. The van der Waals surface area contributed by atoms with Crippen molar-refractivity contribution in [2.24, 2.45) is 0 Å². The summed E-state index contributed by atoms with van der Waals surface area (Å²) in [5, 5.41) is 4.60. The van der Waals surface area contributed by atoms with Crippen LogP contribution < -0.4 is 5.32 Å². The molecule has 2 rings (SSSR count). The number of rotatable bonds is 5. The molecular weight excluding hydrogens is 308 g/mol. The second-order valence-electron chi connectivity index (χ2n) is 5.08. The highest BCUT2D eigenvalue weighted by atomic mass is 35.5. The lowest BCUT2D eigenvalue weighted by molar-refractivity contribution is 0.509. The smallest absolute Gasteiger partial charge is 0.128 e. The van der Waals surface area contributed by atoms with E-state index in [0.29, 0.717) is 22.0 Å². The summed E-state index contributed by atoms with van der Waals surface area (Å²) in [5.74, 6) is -0.204. The molecule has 0 radical (unpaired) electrons. The maximum atomic E-state index is 14.1. The minimum absolute atomic E-state index is 0.133. The highest BCUT2D eigenvalue weighted by molar-refractivity contribution is 6.33. The van der Waals surface area contributed by atoms with Gasteiger partial charge >= 0.3 is 0 Å². The second kappa shape index (κ2) is 7.26. The maximum absolute atomic E-state index is 14.1. The predicted octanol–water partition coefficient (Wildman–Crippen LogP) is 5.33. The van der Waals surface area contributed by atoms with Crippen molar-refractivity contribution in [3.8, 4) is 0 Å². The molecule has 0 aliphatic heterocycles. The molecule has 0 saturated carbocycles. The average molecular weight is 326 g/mol. The quantitative estimate of drug-likeness (QED) is 0.782. The fourth-order valence-electron chi connectivity index (χ4n) is 2.39. The monoisotopic (exact) mass is 325 g/mol. The molecule has 21 heavy (non-hydrogen) atoms. The van der Waals surface area contributed by atoms with Crippen LogP contribution in [0.4, 0.5) is 4.39 Å². The fourth-order valence-corrected chi connectivity index (χ4v) is 2.78. The molecule has 2 aromatic carbocycles. The van der Waals surface area contributed by atoms with Crippen molar-refractivity contribution in [3.63, 3.8) is 0 Å². The summed E-state index contributed by atoms with van der Waals surface area (Å²) < 4.78 is 14.1. The second-order valence-corrected chi connectivity index (χ2v) is 5.92. The first-order valence-corrected chi connectivity index (χ1v) is 7.70. The maximum Gasteiger partial charge on any atom is 0.128 e. The van der Waals surface area contributed by atoms with E-state index in [1.54, 1.807) is 18.2 Å². The molecule has 1 N–H and O–H groups in total. The number of aryl methyl sites for hydroxylation is 1. The summed E-state index contributed by atoms with van der Waals surface area (Å²) in [4.78, 5) is 0. The van der Waals surface area contributed by atoms with Gasteiger partial charge in [-0.1, -0.05) is 47.8 Å². The van der Waals surface area contributed by atoms with E-state index in [0.717, 1.165) is 17.7 Å². The number of hydrogen-bond acceptors (Lipinski definition) is 1. The Morgan fingerprint density at radius 3 is 2.62 bits per heavy atom. The lowest BCUT2D eigenvalue weighted by atomic mass is 9.97. The molecular formula is C17H18Cl2FN. The van der Waals surface area contributed by atoms with E-state index in [1.165, 1.54) is 6.07 Å². The van der Waals surface area contributed by atoms with Crippen LogP contribution in [0.2, 0.25) is 10.0 Å². The van der Waals surface area contributed by atoms with Gasteiger partial charge < -0.3 is 5.32 Å². The van der Waals surface area contributed by atoms with Crippen molar-refractivity contribution in [2.45, 2.75) is 26.3 Å². The zero-order chi connectivity index (χ0) is 15.4. The minimum Gasteiger partial charge on any atom is -0.310 e. The summed E-state index contributed by atoms with van der Waals surface area (Å²) in [6.45, 7) is 4.70. The van der Waals surface area contributed by atoms with Gasteiger partial charge in [0.1, 0.15) is 5.82 Å². The van der Waals surface area contributed by atoms with Crippen LogP contribution in [0.15, 0.2) is 36.4 Å².